The highest BCUT2D eigenvalue weighted by molar-refractivity contribution is 5.90. The fraction of sp³-hybridized carbons (Fsp3) is 0.286. The first kappa shape index (κ1) is 13.1. The molecular formula is C14H18N4O. The highest BCUT2D eigenvalue weighted by Crippen LogP contribution is 2.17. The minimum atomic E-state index is -0.219. The number of carbonyl (C=O) groups is 1. The van der Waals surface area contributed by atoms with Crippen LogP contribution in [0.4, 0.5) is 10.5 Å². The van der Waals surface area contributed by atoms with Crippen LogP contribution in [0, 0.1) is 13.8 Å². The number of nitrogens with one attached hydrogen (secondary N) is 2. The van der Waals surface area contributed by atoms with Gasteiger partial charge in [-0.3, -0.25) is 4.68 Å². The fourth-order valence-corrected chi connectivity index (χ4v) is 1.89. The minimum Gasteiger partial charge on any atom is -0.334 e. The normalized spacial score (nSPS) is 10.3. The molecule has 19 heavy (non-hydrogen) atoms. The van der Waals surface area contributed by atoms with Crippen molar-refractivity contribution in [3.8, 4) is 0 Å². The third-order valence-corrected chi connectivity index (χ3v) is 3.04. The fourth-order valence-electron chi connectivity index (χ4n) is 1.89. The minimum absolute atomic E-state index is 0.219. The van der Waals surface area contributed by atoms with Gasteiger partial charge in [-0.2, -0.15) is 5.10 Å². The zero-order chi connectivity index (χ0) is 13.8. The van der Waals surface area contributed by atoms with E-state index in [4.69, 9.17) is 0 Å². The van der Waals surface area contributed by atoms with Crippen molar-refractivity contribution in [2.75, 3.05) is 5.32 Å². The summed E-state index contributed by atoms with van der Waals surface area (Å²) in [5.74, 6) is 0. The molecule has 1 heterocycles. The van der Waals surface area contributed by atoms with E-state index in [2.05, 4.69) is 15.7 Å². The molecule has 0 fully saturated rings. The van der Waals surface area contributed by atoms with Gasteiger partial charge in [0.1, 0.15) is 0 Å². The SMILES string of the molecule is Cc1nn(C)c(C)c1NC(=O)NCc1ccccc1. The number of carbonyl (C=O) groups excluding carboxylic acids is 1. The van der Waals surface area contributed by atoms with E-state index in [1.807, 2.05) is 51.2 Å². The molecule has 0 spiro atoms. The lowest BCUT2D eigenvalue weighted by molar-refractivity contribution is 0.251. The number of nitrogens with zero attached hydrogens (tertiary/aromatic N) is 2. The van der Waals surface area contributed by atoms with Crippen LogP contribution in [0.15, 0.2) is 30.3 Å². The molecule has 0 atom stereocenters. The van der Waals surface area contributed by atoms with E-state index in [1.165, 1.54) is 0 Å². The molecular weight excluding hydrogens is 240 g/mol. The molecule has 0 radical (unpaired) electrons. The first-order chi connectivity index (χ1) is 9.08. The Hall–Kier alpha value is -2.30. The van der Waals surface area contributed by atoms with Crippen molar-refractivity contribution in [3.63, 3.8) is 0 Å². The molecule has 1 aromatic heterocycles. The predicted octanol–water partition coefficient (Wildman–Crippen LogP) is 2.36. The van der Waals surface area contributed by atoms with Crippen molar-refractivity contribution in [1.29, 1.82) is 0 Å². The number of rotatable bonds is 3. The number of aryl methyl sites for hydroxylation is 2. The largest absolute Gasteiger partial charge is 0.334 e. The molecule has 0 saturated heterocycles. The Morgan fingerprint density at radius 3 is 2.53 bits per heavy atom. The van der Waals surface area contributed by atoms with Gasteiger partial charge in [0.15, 0.2) is 0 Å². The average Bonchev–Trinajstić information content (AvgIpc) is 2.64. The van der Waals surface area contributed by atoms with Crippen LogP contribution in [-0.4, -0.2) is 15.8 Å². The lowest BCUT2D eigenvalue weighted by atomic mass is 10.2. The third-order valence-electron chi connectivity index (χ3n) is 3.04. The van der Waals surface area contributed by atoms with Gasteiger partial charge in [-0.15, -0.1) is 0 Å². The molecule has 2 amide bonds. The Morgan fingerprint density at radius 1 is 1.26 bits per heavy atom. The molecule has 1 aromatic carbocycles. The van der Waals surface area contributed by atoms with Gasteiger partial charge in [0.05, 0.1) is 17.1 Å². The Balaban J connectivity index is 1.95. The van der Waals surface area contributed by atoms with Gasteiger partial charge >= 0.3 is 6.03 Å². The maximum atomic E-state index is 11.8. The van der Waals surface area contributed by atoms with E-state index < -0.39 is 0 Å². The zero-order valence-electron chi connectivity index (χ0n) is 11.4. The first-order valence-corrected chi connectivity index (χ1v) is 6.17. The van der Waals surface area contributed by atoms with Gasteiger partial charge in [0.2, 0.25) is 0 Å². The van der Waals surface area contributed by atoms with Crippen molar-refractivity contribution >= 4 is 11.7 Å². The smallest absolute Gasteiger partial charge is 0.319 e. The van der Waals surface area contributed by atoms with E-state index in [0.29, 0.717) is 6.54 Å². The molecule has 5 heteroatoms. The summed E-state index contributed by atoms with van der Waals surface area (Å²) in [5, 5.41) is 9.92. The van der Waals surface area contributed by atoms with Crippen LogP contribution in [0.3, 0.4) is 0 Å². The highest BCUT2D eigenvalue weighted by atomic mass is 16.2. The number of aromatic nitrogens is 2. The summed E-state index contributed by atoms with van der Waals surface area (Å²) in [6, 6.07) is 9.57. The van der Waals surface area contributed by atoms with Crippen LogP contribution in [-0.2, 0) is 13.6 Å². The maximum Gasteiger partial charge on any atom is 0.319 e. The van der Waals surface area contributed by atoms with Crippen molar-refractivity contribution in [1.82, 2.24) is 15.1 Å². The summed E-state index contributed by atoms with van der Waals surface area (Å²) >= 11 is 0. The summed E-state index contributed by atoms with van der Waals surface area (Å²) in [5.41, 5.74) is 3.59. The van der Waals surface area contributed by atoms with Crippen LogP contribution in [0.25, 0.3) is 0 Å². The quantitative estimate of drug-likeness (QED) is 0.888. The van der Waals surface area contributed by atoms with E-state index in [-0.39, 0.29) is 6.03 Å². The molecule has 2 rings (SSSR count). The molecule has 2 aromatic rings. The van der Waals surface area contributed by atoms with Gasteiger partial charge in [-0.05, 0) is 19.4 Å². The Bertz CT molecular complexity index is 575. The van der Waals surface area contributed by atoms with Crippen molar-refractivity contribution < 1.29 is 4.79 Å². The first-order valence-electron chi connectivity index (χ1n) is 6.17. The monoisotopic (exact) mass is 258 g/mol. The highest BCUT2D eigenvalue weighted by Gasteiger charge is 2.11. The van der Waals surface area contributed by atoms with Crippen LogP contribution in [0.1, 0.15) is 17.0 Å². The van der Waals surface area contributed by atoms with E-state index in [1.54, 1.807) is 4.68 Å². The second-order valence-electron chi connectivity index (χ2n) is 4.46. The summed E-state index contributed by atoms with van der Waals surface area (Å²) in [4.78, 5) is 11.8. The molecule has 0 unspecified atom stereocenters. The number of anilines is 1. The number of benzene rings is 1. The van der Waals surface area contributed by atoms with Crippen molar-refractivity contribution in [3.05, 3.63) is 47.3 Å². The molecule has 0 bridgehead atoms. The van der Waals surface area contributed by atoms with Crippen molar-refractivity contribution in [2.24, 2.45) is 7.05 Å². The van der Waals surface area contributed by atoms with Gasteiger partial charge in [0, 0.05) is 13.6 Å². The molecule has 100 valence electrons. The molecule has 0 aliphatic rings. The topological polar surface area (TPSA) is 59.0 Å². The van der Waals surface area contributed by atoms with Crippen LogP contribution in [0.2, 0.25) is 0 Å². The van der Waals surface area contributed by atoms with Crippen molar-refractivity contribution in [2.45, 2.75) is 20.4 Å². The molecule has 0 aliphatic carbocycles. The second kappa shape index (κ2) is 5.56. The van der Waals surface area contributed by atoms with Gasteiger partial charge in [-0.1, -0.05) is 30.3 Å². The van der Waals surface area contributed by atoms with E-state index in [9.17, 15) is 4.79 Å². The number of hydrogen-bond donors (Lipinski definition) is 2. The Labute approximate surface area is 112 Å². The molecule has 0 aliphatic heterocycles. The van der Waals surface area contributed by atoms with Crippen LogP contribution < -0.4 is 10.6 Å². The standard InChI is InChI=1S/C14H18N4O/c1-10-13(11(2)18(3)17-10)16-14(19)15-9-12-7-5-4-6-8-12/h4-8H,9H2,1-3H3,(H2,15,16,19). The Kier molecular flexibility index (Phi) is 3.85. The second-order valence-corrected chi connectivity index (χ2v) is 4.46. The number of amides is 2. The summed E-state index contributed by atoms with van der Waals surface area (Å²) in [7, 11) is 1.86. The molecule has 0 saturated carbocycles. The lowest BCUT2D eigenvalue weighted by Crippen LogP contribution is -2.28. The zero-order valence-corrected chi connectivity index (χ0v) is 11.4. The maximum absolute atomic E-state index is 11.8. The lowest BCUT2D eigenvalue weighted by Gasteiger charge is -2.08. The van der Waals surface area contributed by atoms with Gasteiger partial charge in [0.25, 0.3) is 0 Å². The Morgan fingerprint density at radius 2 is 1.95 bits per heavy atom. The third kappa shape index (κ3) is 3.13. The average molecular weight is 258 g/mol. The summed E-state index contributed by atoms with van der Waals surface area (Å²) in [6.07, 6.45) is 0. The van der Waals surface area contributed by atoms with E-state index in [0.717, 1.165) is 22.6 Å². The predicted molar refractivity (Wildman–Crippen MR) is 75.0 cm³/mol. The van der Waals surface area contributed by atoms with Gasteiger partial charge < -0.3 is 10.6 Å². The molecule has 2 N–H and O–H groups in total. The number of urea groups is 1. The summed E-state index contributed by atoms with van der Waals surface area (Å²) in [6.45, 7) is 4.30. The number of hydrogen-bond acceptors (Lipinski definition) is 2. The van der Waals surface area contributed by atoms with Crippen LogP contribution in [0.5, 0.6) is 0 Å². The summed E-state index contributed by atoms with van der Waals surface area (Å²) < 4.78 is 1.75. The van der Waals surface area contributed by atoms with Gasteiger partial charge in [-0.25, -0.2) is 4.79 Å². The van der Waals surface area contributed by atoms with E-state index >= 15 is 0 Å². The van der Waals surface area contributed by atoms with Crippen LogP contribution >= 0.6 is 0 Å². The molecule has 5 nitrogen and oxygen atoms in total.